The summed E-state index contributed by atoms with van der Waals surface area (Å²) in [5.74, 6) is -0.106. The number of carbonyl (C=O) groups excluding carboxylic acids is 1. The number of thiophene rings is 1. The molecule has 1 atom stereocenters. The van der Waals surface area contributed by atoms with E-state index in [0.717, 1.165) is 10.4 Å². The Balaban J connectivity index is 1.79. The number of carbonyl (C=O) groups is 1. The van der Waals surface area contributed by atoms with E-state index < -0.39 is 0 Å². The lowest BCUT2D eigenvalue weighted by Gasteiger charge is -2.12. The molecule has 0 fully saturated rings. The second kappa shape index (κ2) is 4.81. The number of aromatic nitrogens is 3. The van der Waals surface area contributed by atoms with Gasteiger partial charge in [0.15, 0.2) is 0 Å². The number of rotatable bonds is 3. The maximum atomic E-state index is 12.2. The minimum absolute atomic E-state index is 0.000468. The van der Waals surface area contributed by atoms with Gasteiger partial charge in [-0.25, -0.2) is 0 Å². The number of nitrogens with one attached hydrogen (secondary N) is 2. The number of H-pyrrole nitrogens is 1. The fourth-order valence-electron chi connectivity index (χ4n) is 1.87. The summed E-state index contributed by atoms with van der Waals surface area (Å²) in [5, 5.41) is 15.4. The number of amides is 1. The Morgan fingerprint density at radius 2 is 2.16 bits per heavy atom. The van der Waals surface area contributed by atoms with Crippen molar-refractivity contribution >= 4 is 28.3 Å². The van der Waals surface area contributed by atoms with Crippen LogP contribution < -0.4 is 5.32 Å². The predicted molar refractivity (Wildman–Crippen MR) is 74.1 cm³/mol. The maximum Gasteiger partial charge on any atom is 0.251 e. The van der Waals surface area contributed by atoms with E-state index in [1.165, 1.54) is 0 Å². The first-order valence-corrected chi connectivity index (χ1v) is 6.77. The molecule has 1 aromatic carbocycles. The molecule has 0 spiro atoms. The monoisotopic (exact) mass is 272 g/mol. The van der Waals surface area contributed by atoms with E-state index in [4.69, 9.17) is 0 Å². The van der Waals surface area contributed by atoms with Crippen molar-refractivity contribution in [2.75, 3.05) is 0 Å². The van der Waals surface area contributed by atoms with Crippen LogP contribution in [0.2, 0.25) is 0 Å². The van der Waals surface area contributed by atoms with E-state index in [9.17, 15) is 4.79 Å². The molecule has 0 saturated heterocycles. The van der Waals surface area contributed by atoms with E-state index in [2.05, 4.69) is 20.7 Å². The van der Waals surface area contributed by atoms with Gasteiger partial charge in [-0.15, -0.1) is 11.3 Å². The molecule has 6 heteroatoms. The Bertz CT molecular complexity index is 704. The molecule has 3 aromatic rings. The second-order valence-electron chi connectivity index (χ2n) is 4.24. The fraction of sp³-hybridized carbons (Fsp3) is 0.154. The molecule has 0 saturated carbocycles. The average Bonchev–Trinajstić information content (AvgIpc) is 3.09. The van der Waals surface area contributed by atoms with Crippen LogP contribution in [-0.4, -0.2) is 21.3 Å². The first-order valence-electron chi connectivity index (χ1n) is 5.89. The summed E-state index contributed by atoms with van der Waals surface area (Å²) in [7, 11) is 0. The number of fused-ring (bicyclic) bond motifs is 1. The van der Waals surface area contributed by atoms with Crippen LogP contribution in [0.15, 0.2) is 35.7 Å². The summed E-state index contributed by atoms with van der Waals surface area (Å²) >= 11 is 1.63. The van der Waals surface area contributed by atoms with Crippen molar-refractivity contribution < 1.29 is 4.79 Å². The molecule has 96 valence electrons. The quantitative estimate of drug-likeness (QED) is 0.769. The third-order valence-corrected chi connectivity index (χ3v) is 3.95. The van der Waals surface area contributed by atoms with Gasteiger partial charge in [-0.3, -0.25) is 4.79 Å². The molecule has 0 aliphatic carbocycles. The van der Waals surface area contributed by atoms with Gasteiger partial charge in [0.25, 0.3) is 5.91 Å². The van der Waals surface area contributed by atoms with E-state index in [1.54, 1.807) is 29.5 Å². The molecule has 19 heavy (non-hydrogen) atoms. The van der Waals surface area contributed by atoms with E-state index in [0.29, 0.717) is 11.1 Å². The zero-order chi connectivity index (χ0) is 13.2. The Labute approximate surface area is 113 Å². The van der Waals surface area contributed by atoms with Gasteiger partial charge in [0.2, 0.25) is 0 Å². The Hall–Kier alpha value is -2.21. The molecule has 3 rings (SSSR count). The van der Waals surface area contributed by atoms with Crippen molar-refractivity contribution in [2.24, 2.45) is 0 Å². The van der Waals surface area contributed by atoms with Gasteiger partial charge in [0.05, 0.1) is 6.04 Å². The highest BCUT2D eigenvalue weighted by Crippen LogP contribution is 2.19. The van der Waals surface area contributed by atoms with Gasteiger partial charge in [-0.2, -0.15) is 15.4 Å². The summed E-state index contributed by atoms with van der Waals surface area (Å²) in [6.45, 7) is 1.97. The molecule has 0 aliphatic heterocycles. The highest BCUT2D eigenvalue weighted by atomic mass is 32.1. The molecule has 5 nitrogen and oxygen atoms in total. The lowest BCUT2D eigenvalue weighted by atomic mass is 10.1. The molecule has 1 amide bonds. The van der Waals surface area contributed by atoms with Gasteiger partial charge in [0, 0.05) is 10.4 Å². The van der Waals surface area contributed by atoms with Crippen molar-refractivity contribution in [2.45, 2.75) is 13.0 Å². The van der Waals surface area contributed by atoms with Gasteiger partial charge in [0.1, 0.15) is 11.0 Å². The van der Waals surface area contributed by atoms with Crippen molar-refractivity contribution in [3.63, 3.8) is 0 Å². The van der Waals surface area contributed by atoms with Crippen LogP contribution in [0.25, 0.3) is 11.0 Å². The molecular weight excluding hydrogens is 260 g/mol. The molecular formula is C13H12N4OS. The Morgan fingerprint density at radius 1 is 1.32 bits per heavy atom. The standard InChI is InChI=1S/C13H12N4OS/c1-8(12-3-2-6-19-12)14-13(18)9-4-5-10-11(7-9)16-17-15-10/h2-8H,1H3,(H,14,18)(H,15,16,17)/t8-/m0/s1. The molecule has 0 bridgehead atoms. The molecule has 2 aromatic heterocycles. The topological polar surface area (TPSA) is 70.7 Å². The summed E-state index contributed by atoms with van der Waals surface area (Å²) < 4.78 is 0. The average molecular weight is 272 g/mol. The minimum atomic E-state index is -0.106. The number of benzene rings is 1. The molecule has 0 radical (unpaired) electrons. The maximum absolute atomic E-state index is 12.2. The van der Waals surface area contributed by atoms with Crippen molar-refractivity contribution in [1.29, 1.82) is 0 Å². The first-order chi connectivity index (χ1) is 9.24. The van der Waals surface area contributed by atoms with E-state index in [1.807, 2.05) is 24.4 Å². The van der Waals surface area contributed by atoms with Crippen LogP contribution in [0.5, 0.6) is 0 Å². The highest BCUT2D eigenvalue weighted by Gasteiger charge is 2.13. The summed E-state index contributed by atoms with van der Waals surface area (Å²) in [6, 6.07) is 9.25. The first kappa shape index (κ1) is 11.9. The summed E-state index contributed by atoms with van der Waals surface area (Å²) in [5.41, 5.74) is 2.03. The lowest BCUT2D eigenvalue weighted by Crippen LogP contribution is -2.26. The smallest absolute Gasteiger partial charge is 0.251 e. The van der Waals surface area contributed by atoms with Gasteiger partial charge in [-0.1, -0.05) is 6.07 Å². The van der Waals surface area contributed by atoms with Crippen molar-refractivity contribution in [3.8, 4) is 0 Å². The van der Waals surface area contributed by atoms with Crippen LogP contribution in [0.1, 0.15) is 28.2 Å². The molecule has 2 N–H and O–H groups in total. The van der Waals surface area contributed by atoms with Gasteiger partial charge in [-0.05, 0) is 36.6 Å². The fourth-order valence-corrected chi connectivity index (χ4v) is 2.60. The zero-order valence-corrected chi connectivity index (χ0v) is 11.1. The summed E-state index contributed by atoms with van der Waals surface area (Å²) in [6.07, 6.45) is 0. The molecule has 0 unspecified atom stereocenters. The highest BCUT2D eigenvalue weighted by molar-refractivity contribution is 7.10. The van der Waals surface area contributed by atoms with Crippen LogP contribution in [0.3, 0.4) is 0 Å². The normalized spacial score (nSPS) is 12.5. The summed E-state index contributed by atoms with van der Waals surface area (Å²) in [4.78, 5) is 13.3. The molecule has 0 aliphatic rings. The second-order valence-corrected chi connectivity index (χ2v) is 5.22. The van der Waals surface area contributed by atoms with Crippen LogP contribution >= 0.6 is 11.3 Å². The van der Waals surface area contributed by atoms with E-state index in [-0.39, 0.29) is 11.9 Å². The largest absolute Gasteiger partial charge is 0.345 e. The van der Waals surface area contributed by atoms with Gasteiger partial charge >= 0.3 is 0 Å². The SMILES string of the molecule is C[C@H](NC(=O)c1ccc2n[nH]nc2c1)c1cccs1. The lowest BCUT2D eigenvalue weighted by molar-refractivity contribution is 0.0940. The number of hydrogen-bond donors (Lipinski definition) is 2. The molecule has 2 heterocycles. The third-order valence-electron chi connectivity index (χ3n) is 2.90. The Morgan fingerprint density at radius 3 is 2.95 bits per heavy atom. The van der Waals surface area contributed by atoms with Crippen LogP contribution in [0.4, 0.5) is 0 Å². The Kier molecular flexibility index (Phi) is 3.00. The van der Waals surface area contributed by atoms with Crippen LogP contribution in [-0.2, 0) is 0 Å². The number of nitrogens with zero attached hydrogens (tertiary/aromatic N) is 2. The minimum Gasteiger partial charge on any atom is -0.345 e. The third kappa shape index (κ3) is 2.34. The number of aromatic amines is 1. The van der Waals surface area contributed by atoms with Gasteiger partial charge < -0.3 is 5.32 Å². The predicted octanol–water partition coefficient (Wildman–Crippen LogP) is 2.51. The van der Waals surface area contributed by atoms with Crippen molar-refractivity contribution in [3.05, 3.63) is 46.2 Å². The van der Waals surface area contributed by atoms with Crippen molar-refractivity contribution in [1.82, 2.24) is 20.7 Å². The number of hydrogen-bond acceptors (Lipinski definition) is 4. The zero-order valence-electron chi connectivity index (χ0n) is 10.3. The van der Waals surface area contributed by atoms with E-state index >= 15 is 0 Å². The van der Waals surface area contributed by atoms with Crippen LogP contribution in [0, 0.1) is 0 Å².